The fourth-order valence-corrected chi connectivity index (χ4v) is 2.53. The Hall–Kier alpha value is -2.83. The summed E-state index contributed by atoms with van der Waals surface area (Å²) in [4.78, 5) is 24.1. The third-order valence-electron chi connectivity index (χ3n) is 3.85. The molecule has 120 valence electrons. The first-order valence-electron chi connectivity index (χ1n) is 7.14. The summed E-state index contributed by atoms with van der Waals surface area (Å²) in [6, 6.07) is 4.84. The van der Waals surface area contributed by atoms with Crippen molar-refractivity contribution in [1.82, 2.24) is 9.78 Å². The van der Waals surface area contributed by atoms with Gasteiger partial charge in [0.1, 0.15) is 5.56 Å². The fraction of sp³-hybridized carbons (Fsp3) is 0.312. The number of hydrogen-bond acceptors (Lipinski definition) is 5. The second-order valence-corrected chi connectivity index (χ2v) is 5.31. The first kappa shape index (κ1) is 15.1. The number of carboxylic acid groups (broad SMARTS) is 1. The van der Waals surface area contributed by atoms with Gasteiger partial charge in [-0.05, 0) is 36.5 Å². The molecule has 1 aliphatic rings. The van der Waals surface area contributed by atoms with Gasteiger partial charge in [-0.15, -0.1) is 0 Å². The zero-order valence-electron chi connectivity index (χ0n) is 12.8. The predicted octanol–water partition coefficient (Wildman–Crippen LogP) is 1.83. The number of hydrogen-bond donors (Lipinski definition) is 1. The Bertz CT molecular complexity index is 824. The van der Waals surface area contributed by atoms with E-state index in [0.29, 0.717) is 22.7 Å². The Morgan fingerprint density at radius 1 is 1.26 bits per heavy atom. The second-order valence-electron chi connectivity index (χ2n) is 5.31. The van der Waals surface area contributed by atoms with Crippen molar-refractivity contribution in [1.29, 1.82) is 0 Å². The minimum atomic E-state index is -1.23. The predicted molar refractivity (Wildman–Crippen MR) is 81.9 cm³/mol. The third kappa shape index (κ3) is 2.65. The Balaban J connectivity index is 2.15. The van der Waals surface area contributed by atoms with Gasteiger partial charge in [0.15, 0.2) is 11.5 Å². The SMILES string of the molecule is COc1ccc(-n2ncc(C3CC3)c(C(=O)O)c2=O)cc1OC. The van der Waals surface area contributed by atoms with Crippen LogP contribution in [0.5, 0.6) is 11.5 Å². The Labute approximate surface area is 132 Å². The maximum absolute atomic E-state index is 12.6. The number of aromatic carboxylic acids is 1. The fourth-order valence-electron chi connectivity index (χ4n) is 2.53. The van der Waals surface area contributed by atoms with Gasteiger partial charge >= 0.3 is 5.97 Å². The topological polar surface area (TPSA) is 90.7 Å². The first-order valence-corrected chi connectivity index (χ1v) is 7.14. The summed E-state index contributed by atoms with van der Waals surface area (Å²) in [5.74, 6) is -0.158. The standard InChI is InChI=1S/C16H16N2O5/c1-22-12-6-5-10(7-13(12)23-2)18-15(19)14(16(20)21)11(8-17-18)9-3-4-9/h5-9H,3-4H2,1-2H3,(H,20,21). The average molecular weight is 316 g/mol. The van der Waals surface area contributed by atoms with Gasteiger partial charge in [0.05, 0.1) is 26.1 Å². The van der Waals surface area contributed by atoms with Crippen molar-refractivity contribution < 1.29 is 19.4 Å². The van der Waals surface area contributed by atoms with Gasteiger partial charge in [-0.3, -0.25) is 4.79 Å². The summed E-state index contributed by atoms with van der Waals surface area (Å²) >= 11 is 0. The van der Waals surface area contributed by atoms with Gasteiger partial charge in [-0.1, -0.05) is 0 Å². The Morgan fingerprint density at radius 2 is 1.96 bits per heavy atom. The number of carboxylic acids is 1. The van der Waals surface area contributed by atoms with E-state index in [2.05, 4.69) is 5.10 Å². The van der Waals surface area contributed by atoms with Crippen LogP contribution in [0.3, 0.4) is 0 Å². The summed E-state index contributed by atoms with van der Waals surface area (Å²) in [6.07, 6.45) is 3.25. The maximum atomic E-state index is 12.6. The molecule has 1 saturated carbocycles. The molecule has 0 unspecified atom stereocenters. The molecule has 1 heterocycles. The van der Waals surface area contributed by atoms with E-state index in [1.807, 2.05) is 0 Å². The minimum absolute atomic E-state index is 0.126. The highest BCUT2D eigenvalue weighted by Gasteiger charge is 2.31. The van der Waals surface area contributed by atoms with E-state index in [-0.39, 0.29) is 11.5 Å². The lowest BCUT2D eigenvalue weighted by Gasteiger charge is -2.12. The van der Waals surface area contributed by atoms with Gasteiger partial charge in [0.25, 0.3) is 5.56 Å². The smallest absolute Gasteiger partial charge is 0.341 e. The molecule has 0 saturated heterocycles. The summed E-state index contributed by atoms with van der Waals surface area (Å²) < 4.78 is 11.4. The number of carbonyl (C=O) groups is 1. The van der Waals surface area contributed by atoms with Crippen LogP contribution >= 0.6 is 0 Å². The number of nitrogens with zero attached hydrogens (tertiary/aromatic N) is 2. The number of benzene rings is 1. The monoisotopic (exact) mass is 316 g/mol. The van der Waals surface area contributed by atoms with Crippen LogP contribution in [0.1, 0.15) is 34.7 Å². The molecule has 23 heavy (non-hydrogen) atoms. The summed E-state index contributed by atoms with van der Waals surface area (Å²) in [6.45, 7) is 0. The molecule has 0 amide bonds. The van der Waals surface area contributed by atoms with Gasteiger partial charge in [-0.2, -0.15) is 9.78 Å². The van der Waals surface area contributed by atoms with Gasteiger partial charge < -0.3 is 14.6 Å². The molecule has 1 aromatic carbocycles. The molecule has 0 radical (unpaired) electrons. The lowest BCUT2D eigenvalue weighted by molar-refractivity contribution is 0.0693. The van der Waals surface area contributed by atoms with Gasteiger partial charge in [0.2, 0.25) is 0 Å². The molecule has 7 heteroatoms. The molecule has 1 fully saturated rings. The van der Waals surface area contributed by atoms with E-state index in [0.717, 1.165) is 17.5 Å². The number of rotatable bonds is 5. The van der Waals surface area contributed by atoms with E-state index in [1.165, 1.54) is 20.4 Å². The van der Waals surface area contributed by atoms with E-state index in [1.54, 1.807) is 18.2 Å². The zero-order chi connectivity index (χ0) is 16.6. The molecule has 1 aliphatic carbocycles. The maximum Gasteiger partial charge on any atom is 0.341 e. The van der Waals surface area contributed by atoms with E-state index in [9.17, 15) is 14.7 Å². The molecule has 1 N–H and O–H groups in total. The summed E-state index contributed by atoms with van der Waals surface area (Å²) in [5, 5.41) is 13.5. The molecule has 0 spiro atoms. The van der Waals surface area contributed by atoms with E-state index in [4.69, 9.17) is 9.47 Å². The van der Waals surface area contributed by atoms with Crippen LogP contribution in [-0.2, 0) is 0 Å². The highest BCUT2D eigenvalue weighted by Crippen LogP contribution is 2.40. The quantitative estimate of drug-likeness (QED) is 0.905. The van der Waals surface area contributed by atoms with Crippen molar-refractivity contribution in [3.63, 3.8) is 0 Å². The van der Waals surface area contributed by atoms with Crippen molar-refractivity contribution in [3.8, 4) is 17.2 Å². The van der Waals surface area contributed by atoms with Crippen molar-refractivity contribution in [3.05, 3.63) is 45.9 Å². The van der Waals surface area contributed by atoms with Crippen molar-refractivity contribution in [2.45, 2.75) is 18.8 Å². The molecular weight excluding hydrogens is 300 g/mol. The van der Waals surface area contributed by atoms with E-state index >= 15 is 0 Å². The number of ether oxygens (including phenoxy) is 2. The van der Waals surface area contributed by atoms with Crippen LogP contribution in [-0.4, -0.2) is 35.1 Å². The highest BCUT2D eigenvalue weighted by atomic mass is 16.5. The molecule has 7 nitrogen and oxygen atoms in total. The number of aromatic nitrogens is 2. The summed E-state index contributed by atoms with van der Waals surface area (Å²) in [5.41, 5.74) is 0.0723. The first-order chi connectivity index (χ1) is 11.1. The van der Waals surface area contributed by atoms with Crippen LogP contribution < -0.4 is 15.0 Å². The van der Waals surface area contributed by atoms with Crippen LogP contribution in [0.25, 0.3) is 5.69 Å². The third-order valence-corrected chi connectivity index (χ3v) is 3.85. The van der Waals surface area contributed by atoms with Crippen molar-refractivity contribution in [2.75, 3.05) is 14.2 Å². The number of methoxy groups -OCH3 is 2. The Kier molecular flexibility index (Phi) is 3.77. The van der Waals surface area contributed by atoms with Crippen LogP contribution in [0.2, 0.25) is 0 Å². The second kappa shape index (κ2) is 5.75. The lowest BCUT2D eigenvalue weighted by Crippen LogP contribution is -2.29. The molecule has 1 aromatic heterocycles. The van der Waals surface area contributed by atoms with Gasteiger partial charge in [0, 0.05) is 6.07 Å². The molecule has 3 rings (SSSR count). The normalized spacial score (nSPS) is 13.7. The van der Waals surface area contributed by atoms with Crippen LogP contribution in [0.4, 0.5) is 0 Å². The zero-order valence-corrected chi connectivity index (χ0v) is 12.8. The Morgan fingerprint density at radius 3 is 2.52 bits per heavy atom. The van der Waals surface area contributed by atoms with Crippen LogP contribution in [0, 0.1) is 0 Å². The van der Waals surface area contributed by atoms with Crippen molar-refractivity contribution >= 4 is 5.97 Å². The average Bonchev–Trinajstić information content (AvgIpc) is 3.38. The molecule has 0 atom stereocenters. The lowest BCUT2D eigenvalue weighted by atomic mass is 10.1. The van der Waals surface area contributed by atoms with Crippen molar-refractivity contribution in [2.24, 2.45) is 0 Å². The molecule has 2 aromatic rings. The highest BCUT2D eigenvalue weighted by molar-refractivity contribution is 5.89. The molecular formula is C16H16N2O5. The largest absolute Gasteiger partial charge is 0.493 e. The molecule has 0 aliphatic heterocycles. The summed E-state index contributed by atoms with van der Waals surface area (Å²) in [7, 11) is 2.99. The molecule has 0 bridgehead atoms. The minimum Gasteiger partial charge on any atom is -0.493 e. The van der Waals surface area contributed by atoms with Gasteiger partial charge in [-0.25, -0.2) is 4.79 Å². The van der Waals surface area contributed by atoms with Crippen LogP contribution in [0.15, 0.2) is 29.2 Å². The van der Waals surface area contributed by atoms with E-state index < -0.39 is 11.5 Å².